The van der Waals surface area contributed by atoms with Crippen LogP contribution in [0.3, 0.4) is 0 Å². The number of carbonyl (C=O) groups excluding carboxylic acids is 2. The van der Waals surface area contributed by atoms with Crippen LogP contribution in [0.5, 0.6) is 0 Å². The van der Waals surface area contributed by atoms with Crippen molar-refractivity contribution in [3.05, 3.63) is 47.3 Å². The highest BCUT2D eigenvalue weighted by Crippen LogP contribution is 2.19. The van der Waals surface area contributed by atoms with Crippen LogP contribution in [0.15, 0.2) is 35.5 Å². The number of imidazole rings is 1. The Labute approximate surface area is 161 Å². The van der Waals surface area contributed by atoms with Crippen LogP contribution in [0, 0.1) is 6.92 Å². The predicted molar refractivity (Wildman–Crippen MR) is 105 cm³/mol. The molecule has 2 N–H and O–H groups in total. The molecule has 1 aromatic heterocycles. The lowest BCUT2D eigenvalue weighted by Crippen LogP contribution is -2.35. The first kappa shape index (κ1) is 20.4. The van der Waals surface area contributed by atoms with Crippen molar-refractivity contribution in [2.75, 3.05) is 24.9 Å². The van der Waals surface area contributed by atoms with E-state index < -0.39 is 12.0 Å². The Morgan fingerprint density at radius 1 is 1.31 bits per heavy atom. The Bertz CT molecular complexity index is 735. The van der Waals surface area contributed by atoms with Crippen LogP contribution in [0.4, 0.5) is 0 Å². The number of aromatic amines is 1. The van der Waals surface area contributed by atoms with E-state index in [1.165, 1.54) is 18.9 Å². The number of esters is 1. The molecule has 0 saturated carbocycles. The minimum Gasteiger partial charge on any atom is -0.467 e. The zero-order valence-corrected chi connectivity index (χ0v) is 16.7. The van der Waals surface area contributed by atoms with Gasteiger partial charge < -0.3 is 15.0 Å². The standard InChI is InChI=1S/C18H23N3O3S2/c1-12-14(9-10-25-3)20-18(19-12)26-11-15(22)21-16(17(23)24-2)13-7-5-4-6-8-13/h4-8,16H,9-11H2,1-3H3,(H,19,20)(H,21,22). The Kier molecular flexibility index (Phi) is 8.06. The molecule has 0 spiro atoms. The summed E-state index contributed by atoms with van der Waals surface area (Å²) in [5.41, 5.74) is 2.74. The van der Waals surface area contributed by atoms with E-state index in [1.807, 2.05) is 25.1 Å². The second-order valence-electron chi connectivity index (χ2n) is 5.58. The second kappa shape index (κ2) is 10.3. The third-order valence-electron chi connectivity index (χ3n) is 3.72. The van der Waals surface area contributed by atoms with Crippen molar-refractivity contribution in [1.82, 2.24) is 15.3 Å². The summed E-state index contributed by atoms with van der Waals surface area (Å²) in [5.74, 6) is 0.417. The molecule has 0 aliphatic rings. The fraction of sp³-hybridized carbons (Fsp3) is 0.389. The van der Waals surface area contributed by atoms with Gasteiger partial charge in [0.1, 0.15) is 0 Å². The predicted octanol–water partition coefficient (Wildman–Crippen LogP) is 2.75. The molecule has 140 valence electrons. The smallest absolute Gasteiger partial charge is 0.333 e. The Morgan fingerprint density at radius 2 is 2.04 bits per heavy atom. The molecule has 0 saturated heterocycles. The second-order valence-corrected chi connectivity index (χ2v) is 7.53. The quantitative estimate of drug-likeness (QED) is 0.503. The first-order chi connectivity index (χ1) is 12.5. The van der Waals surface area contributed by atoms with E-state index in [-0.39, 0.29) is 11.7 Å². The lowest BCUT2D eigenvalue weighted by Gasteiger charge is -2.16. The van der Waals surface area contributed by atoms with Crippen LogP contribution >= 0.6 is 23.5 Å². The van der Waals surface area contributed by atoms with Crippen molar-refractivity contribution < 1.29 is 14.3 Å². The number of aromatic nitrogens is 2. The number of carbonyl (C=O) groups is 2. The van der Waals surface area contributed by atoms with Crippen molar-refractivity contribution in [2.24, 2.45) is 0 Å². The number of nitrogens with one attached hydrogen (secondary N) is 2. The largest absolute Gasteiger partial charge is 0.467 e. The van der Waals surface area contributed by atoms with Gasteiger partial charge in [0.25, 0.3) is 0 Å². The van der Waals surface area contributed by atoms with E-state index in [4.69, 9.17) is 4.74 Å². The number of rotatable bonds is 9. The maximum absolute atomic E-state index is 12.3. The summed E-state index contributed by atoms with van der Waals surface area (Å²) in [6.07, 6.45) is 2.96. The summed E-state index contributed by atoms with van der Waals surface area (Å²) in [6, 6.07) is 8.22. The maximum atomic E-state index is 12.3. The molecule has 1 heterocycles. The Morgan fingerprint density at radius 3 is 2.69 bits per heavy atom. The molecular formula is C18H23N3O3S2. The van der Waals surface area contributed by atoms with Gasteiger partial charge in [-0.3, -0.25) is 4.79 Å². The van der Waals surface area contributed by atoms with E-state index in [1.54, 1.807) is 23.9 Å². The molecular weight excluding hydrogens is 370 g/mol. The Balaban J connectivity index is 1.95. The van der Waals surface area contributed by atoms with Gasteiger partial charge in [-0.1, -0.05) is 42.1 Å². The number of H-pyrrole nitrogens is 1. The number of amides is 1. The van der Waals surface area contributed by atoms with Gasteiger partial charge in [0, 0.05) is 12.1 Å². The molecule has 0 bridgehead atoms. The topological polar surface area (TPSA) is 84.1 Å². The Hall–Kier alpha value is -1.93. The molecule has 0 fully saturated rings. The molecule has 26 heavy (non-hydrogen) atoms. The molecule has 0 aliphatic heterocycles. The third-order valence-corrected chi connectivity index (χ3v) is 5.21. The van der Waals surface area contributed by atoms with E-state index in [0.29, 0.717) is 10.7 Å². The molecule has 0 aliphatic carbocycles. The fourth-order valence-electron chi connectivity index (χ4n) is 2.36. The van der Waals surface area contributed by atoms with E-state index >= 15 is 0 Å². The third kappa shape index (κ3) is 5.81. The summed E-state index contributed by atoms with van der Waals surface area (Å²) in [5, 5.41) is 3.44. The highest BCUT2D eigenvalue weighted by molar-refractivity contribution is 7.99. The molecule has 1 aromatic carbocycles. The van der Waals surface area contributed by atoms with Gasteiger partial charge in [0.15, 0.2) is 11.2 Å². The van der Waals surface area contributed by atoms with Gasteiger partial charge in [-0.15, -0.1) is 0 Å². The average molecular weight is 394 g/mol. The summed E-state index contributed by atoms with van der Waals surface area (Å²) in [7, 11) is 1.31. The van der Waals surface area contributed by atoms with Gasteiger partial charge in [-0.2, -0.15) is 11.8 Å². The SMILES string of the molecule is COC(=O)C(NC(=O)CSc1nc(CCSC)c(C)[nH]1)c1ccccc1. The van der Waals surface area contributed by atoms with Crippen molar-refractivity contribution in [1.29, 1.82) is 0 Å². The minimum absolute atomic E-state index is 0.162. The first-order valence-electron chi connectivity index (χ1n) is 8.14. The van der Waals surface area contributed by atoms with E-state index in [0.717, 1.165) is 23.6 Å². The number of benzene rings is 1. The van der Waals surface area contributed by atoms with Crippen molar-refractivity contribution in [3.8, 4) is 0 Å². The van der Waals surface area contributed by atoms with Gasteiger partial charge >= 0.3 is 5.97 Å². The average Bonchev–Trinajstić information content (AvgIpc) is 3.02. The first-order valence-corrected chi connectivity index (χ1v) is 10.5. The van der Waals surface area contributed by atoms with Crippen molar-refractivity contribution in [2.45, 2.75) is 24.5 Å². The lowest BCUT2D eigenvalue weighted by atomic mass is 10.1. The molecule has 8 heteroatoms. The van der Waals surface area contributed by atoms with Crippen LogP contribution in [0.25, 0.3) is 0 Å². The zero-order chi connectivity index (χ0) is 18.9. The molecule has 2 aromatic rings. The molecule has 1 atom stereocenters. The van der Waals surface area contributed by atoms with Crippen LogP contribution in [-0.2, 0) is 20.7 Å². The van der Waals surface area contributed by atoms with Crippen molar-refractivity contribution in [3.63, 3.8) is 0 Å². The summed E-state index contributed by atoms with van der Waals surface area (Å²) in [6.45, 7) is 1.98. The maximum Gasteiger partial charge on any atom is 0.333 e. The fourth-order valence-corrected chi connectivity index (χ4v) is 3.50. The minimum atomic E-state index is -0.815. The van der Waals surface area contributed by atoms with Gasteiger partial charge in [0.2, 0.25) is 5.91 Å². The number of hydrogen-bond acceptors (Lipinski definition) is 6. The molecule has 2 rings (SSSR count). The van der Waals surface area contributed by atoms with Gasteiger partial charge in [-0.25, -0.2) is 9.78 Å². The molecule has 6 nitrogen and oxygen atoms in total. The number of ether oxygens (including phenoxy) is 1. The van der Waals surface area contributed by atoms with Crippen LogP contribution in [0.2, 0.25) is 0 Å². The molecule has 1 amide bonds. The van der Waals surface area contributed by atoms with Crippen LogP contribution in [0.1, 0.15) is 23.0 Å². The monoisotopic (exact) mass is 393 g/mol. The number of aryl methyl sites for hydroxylation is 2. The zero-order valence-electron chi connectivity index (χ0n) is 15.1. The van der Waals surface area contributed by atoms with Crippen molar-refractivity contribution >= 4 is 35.4 Å². The number of hydrogen-bond donors (Lipinski definition) is 2. The van der Waals surface area contributed by atoms with Crippen LogP contribution in [-0.4, -0.2) is 46.7 Å². The van der Waals surface area contributed by atoms with Gasteiger partial charge in [-0.05, 0) is 24.5 Å². The number of thioether (sulfide) groups is 2. The van der Waals surface area contributed by atoms with Crippen LogP contribution < -0.4 is 5.32 Å². The highest BCUT2D eigenvalue weighted by atomic mass is 32.2. The molecule has 0 radical (unpaired) electrons. The lowest BCUT2D eigenvalue weighted by molar-refractivity contribution is -0.145. The van der Waals surface area contributed by atoms with E-state index in [9.17, 15) is 9.59 Å². The molecule has 1 unspecified atom stereocenters. The van der Waals surface area contributed by atoms with Gasteiger partial charge in [0.05, 0.1) is 18.6 Å². The normalized spacial score (nSPS) is 11.8. The summed E-state index contributed by atoms with van der Waals surface area (Å²) < 4.78 is 4.81. The summed E-state index contributed by atoms with van der Waals surface area (Å²) in [4.78, 5) is 32.0. The summed E-state index contributed by atoms with van der Waals surface area (Å²) >= 11 is 3.09. The number of methoxy groups -OCH3 is 1. The number of nitrogens with zero attached hydrogens (tertiary/aromatic N) is 1. The van der Waals surface area contributed by atoms with E-state index in [2.05, 4.69) is 21.5 Å². The highest BCUT2D eigenvalue weighted by Gasteiger charge is 2.23.